The van der Waals surface area contributed by atoms with E-state index < -0.39 is 42.1 Å². The monoisotopic (exact) mass is 579 g/mol. The molecule has 0 radical (unpaired) electrons. The minimum Gasteiger partial charge on any atom is -0.491 e. The van der Waals surface area contributed by atoms with Crippen LogP contribution in [0.15, 0.2) is 60.8 Å². The Morgan fingerprint density at radius 3 is 2.37 bits per heavy atom. The van der Waals surface area contributed by atoms with Gasteiger partial charge < -0.3 is 24.4 Å². The van der Waals surface area contributed by atoms with Crippen LogP contribution in [0.25, 0.3) is 0 Å². The molecule has 2 heterocycles. The molecule has 0 unspecified atom stereocenters. The number of pyridine rings is 1. The lowest BCUT2D eigenvalue weighted by Gasteiger charge is -2.39. The molecule has 1 fully saturated rings. The predicted octanol–water partition coefficient (Wildman–Crippen LogP) is 5.15. The van der Waals surface area contributed by atoms with Crippen molar-refractivity contribution in [2.75, 3.05) is 27.3 Å². The molecule has 0 aliphatic carbocycles. The number of carbonyl (C=O) groups is 2. The van der Waals surface area contributed by atoms with Crippen molar-refractivity contribution >= 4 is 11.8 Å². The molecule has 0 saturated carbocycles. The first-order valence-corrected chi connectivity index (χ1v) is 12.4. The average Bonchev–Trinajstić information content (AvgIpc) is 2.96. The molecule has 1 aliphatic rings. The lowest BCUT2D eigenvalue weighted by molar-refractivity contribution is -0.137. The summed E-state index contributed by atoms with van der Waals surface area (Å²) in [6.45, 7) is -2.92. The maximum Gasteiger partial charge on any atom is 0.416 e. The van der Waals surface area contributed by atoms with Gasteiger partial charge in [0.15, 0.2) is 5.75 Å². The van der Waals surface area contributed by atoms with Gasteiger partial charge in [-0.1, -0.05) is 24.3 Å². The molecule has 4 rings (SSSR count). The van der Waals surface area contributed by atoms with Crippen molar-refractivity contribution < 1.29 is 45.8 Å². The fourth-order valence-corrected chi connectivity index (χ4v) is 4.70. The summed E-state index contributed by atoms with van der Waals surface area (Å²) in [5.74, 6) is -1.63. The van der Waals surface area contributed by atoms with Crippen LogP contribution in [0.3, 0.4) is 0 Å². The quantitative estimate of drug-likeness (QED) is 0.372. The summed E-state index contributed by atoms with van der Waals surface area (Å²) in [6, 6.07) is 10.7. The van der Waals surface area contributed by atoms with Gasteiger partial charge in [0.25, 0.3) is 17.7 Å². The highest BCUT2D eigenvalue weighted by Crippen LogP contribution is 2.34. The first-order valence-electron chi connectivity index (χ1n) is 12.4. The maximum atomic E-state index is 13.4. The van der Waals surface area contributed by atoms with E-state index in [2.05, 4.69) is 15.0 Å². The summed E-state index contributed by atoms with van der Waals surface area (Å²) in [5.41, 5.74) is -0.327. The van der Waals surface area contributed by atoms with Gasteiger partial charge in [0.05, 0.1) is 30.9 Å². The van der Waals surface area contributed by atoms with E-state index in [-0.39, 0.29) is 48.0 Å². The first-order chi connectivity index (χ1) is 19.5. The van der Waals surface area contributed by atoms with Gasteiger partial charge in [0.1, 0.15) is 5.75 Å². The number of alkyl halides is 5. The van der Waals surface area contributed by atoms with E-state index >= 15 is 0 Å². The Morgan fingerprint density at radius 1 is 1.02 bits per heavy atom. The van der Waals surface area contributed by atoms with Gasteiger partial charge >= 0.3 is 12.8 Å². The molecule has 1 aliphatic heterocycles. The molecule has 8 nitrogen and oxygen atoms in total. The number of rotatable bonds is 8. The predicted molar refractivity (Wildman–Crippen MR) is 136 cm³/mol. The Kier molecular flexibility index (Phi) is 8.94. The summed E-state index contributed by atoms with van der Waals surface area (Å²) < 4.78 is 80.2. The highest BCUT2D eigenvalue weighted by Gasteiger charge is 2.36. The number of halogens is 5. The zero-order chi connectivity index (χ0) is 29.7. The van der Waals surface area contributed by atoms with Crippen molar-refractivity contribution in [3.8, 4) is 17.4 Å². The van der Waals surface area contributed by atoms with Crippen LogP contribution >= 0.6 is 0 Å². The third-order valence-corrected chi connectivity index (χ3v) is 6.71. The van der Waals surface area contributed by atoms with E-state index in [0.717, 1.165) is 12.1 Å². The molecule has 13 heteroatoms. The molecule has 1 N–H and O–H groups in total. The number of carbonyl (C=O) groups excluding carboxylic acids is 2. The Balaban J connectivity index is 1.62. The summed E-state index contributed by atoms with van der Waals surface area (Å²) in [5, 5.41) is 2.80. The Hall–Kier alpha value is -4.42. The van der Waals surface area contributed by atoms with Crippen molar-refractivity contribution in [3.63, 3.8) is 0 Å². The Bertz CT molecular complexity index is 1380. The van der Waals surface area contributed by atoms with E-state index in [1.165, 1.54) is 67.8 Å². The highest BCUT2D eigenvalue weighted by molar-refractivity contribution is 5.97. The van der Waals surface area contributed by atoms with Gasteiger partial charge in [0, 0.05) is 37.3 Å². The number of para-hydroxylation sites is 1. The number of likely N-dealkylation sites (tertiary alicyclic amines) is 1. The molecule has 218 valence electrons. The molecule has 2 amide bonds. The fraction of sp³-hybridized carbons (Fsp3) is 0.321. The van der Waals surface area contributed by atoms with Crippen LogP contribution in [0.4, 0.5) is 22.0 Å². The first kappa shape index (κ1) is 29.6. The van der Waals surface area contributed by atoms with Crippen LogP contribution in [-0.2, 0) is 6.18 Å². The van der Waals surface area contributed by atoms with Gasteiger partial charge in [-0.3, -0.25) is 9.59 Å². The number of methoxy groups -OCH3 is 2. The normalized spacial score (nSPS) is 17.2. The number of piperidine rings is 1. The molecule has 0 bridgehead atoms. The largest absolute Gasteiger partial charge is 0.491 e. The smallest absolute Gasteiger partial charge is 0.416 e. The topological polar surface area (TPSA) is 90.0 Å². The molecule has 41 heavy (non-hydrogen) atoms. The fourth-order valence-electron chi connectivity index (χ4n) is 4.70. The highest BCUT2D eigenvalue weighted by atomic mass is 19.4. The zero-order valence-electron chi connectivity index (χ0n) is 22.0. The summed E-state index contributed by atoms with van der Waals surface area (Å²) in [6.07, 6.45) is -3.00. The van der Waals surface area contributed by atoms with Crippen LogP contribution in [0.2, 0.25) is 0 Å². The van der Waals surface area contributed by atoms with E-state index in [0.29, 0.717) is 5.56 Å². The molecule has 0 spiro atoms. The number of nitrogens with one attached hydrogen (secondary N) is 1. The van der Waals surface area contributed by atoms with Gasteiger partial charge in [-0.2, -0.15) is 22.0 Å². The molecule has 2 atom stereocenters. The SMILES string of the molecule is COc1cc(C(=O)N2CC[C@H](NC(=O)c3ccccc3OC(F)F)[C@@H](c3ccc(C(F)(F)F)cc3)C2)cnc1OC. The van der Waals surface area contributed by atoms with Crippen LogP contribution in [0.1, 0.15) is 44.2 Å². The third kappa shape index (κ3) is 6.84. The van der Waals surface area contributed by atoms with Gasteiger partial charge in [0.2, 0.25) is 0 Å². The van der Waals surface area contributed by atoms with Gasteiger partial charge in [-0.25, -0.2) is 4.98 Å². The molecule has 2 aromatic carbocycles. The number of aromatic nitrogens is 1. The maximum absolute atomic E-state index is 13.4. The second kappa shape index (κ2) is 12.4. The minimum absolute atomic E-state index is 0.0403. The van der Waals surface area contributed by atoms with Crippen LogP contribution in [-0.4, -0.2) is 61.7 Å². The second-order valence-electron chi connectivity index (χ2n) is 9.16. The molecular weight excluding hydrogens is 553 g/mol. The molecule has 1 saturated heterocycles. The molecular formula is C28H26F5N3O5. The lowest BCUT2D eigenvalue weighted by atomic mass is 9.85. The Morgan fingerprint density at radius 2 is 1.73 bits per heavy atom. The van der Waals surface area contributed by atoms with Gasteiger partial charge in [-0.05, 0) is 36.2 Å². The number of hydrogen-bond donors (Lipinski definition) is 1. The summed E-state index contributed by atoms with van der Waals surface area (Å²) in [7, 11) is 2.80. The standard InChI is InChI=1S/C28H26F5N3O5/c1-39-23-13-17(14-34-25(23)40-2)26(38)36-12-11-21(20(15-36)16-7-9-18(10-8-16)28(31,32)33)35-24(37)19-5-3-4-6-22(19)41-27(29)30/h3-10,13-14,20-21,27H,11-12,15H2,1-2H3,(H,35,37)/t20-,21+/m1/s1. The average molecular weight is 580 g/mol. The number of benzene rings is 2. The second-order valence-corrected chi connectivity index (χ2v) is 9.16. The van der Waals surface area contributed by atoms with Crippen molar-refractivity contribution in [3.05, 3.63) is 83.0 Å². The van der Waals surface area contributed by atoms with Crippen molar-refractivity contribution in [1.29, 1.82) is 0 Å². The van der Waals surface area contributed by atoms with Crippen molar-refractivity contribution in [2.45, 2.75) is 31.2 Å². The van der Waals surface area contributed by atoms with E-state index in [1.54, 1.807) is 0 Å². The Labute approximate surface area is 232 Å². The summed E-state index contributed by atoms with van der Waals surface area (Å²) in [4.78, 5) is 32.1. The van der Waals surface area contributed by atoms with Crippen molar-refractivity contribution in [1.82, 2.24) is 15.2 Å². The van der Waals surface area contributed by atoms with E-state index in [4.69, 9.17) is 9.47 Å². The number of hydrogen-bond acceptors (Lipinski definition) is 6. The van der Waals surface area contributed by atoms with Crippen LogP contribution in [0, 0.1) is 0 Å². The third-order valence-electron chi connectivity index (χ3n) is 6.71. The molecule has 1 aromatic heterocycles. The van der Waals surface area contributed by atoms with Crippen molar-refractivity contribution in [2.24, 2.45) is 0 Å². The van der Waals surface area contributed by atoms with Crippen LogP contribution in [0.5, 0.6) is 17.4 Å². The van der Waals surface area contributed by atoms with Gasteiger partial charge in [-0.15, -0.1) is 0 Å². The minimum atomic E-state index is -4.55. The van der Waals surface area contributed by atoms with E-state index in [1.807, 2.05) is 0 Å². The number of ether oxygens (including phenoxy) is 3. The van der Waals surface area contributed by atoms with E-state index in [9.17, 15) is 31.5 Å². The summed E-state index contributed by atoms with van der Waals surface area (Å²) >= 11 is 0. The zero-order valence-corrected chi connectivity index (χ0v) is 22.0. The lowest BCUT2D eigenvalue weighted by Crippen LogP contribution is -2.51. The number of nitrogens with zero attached hydrogens (tertiary/aromatic N) is 2. The van der Waals surface area contributed by atoms with Crippen LogP contribution < -0.4 is 19.5 Å². The number of amides is 2. The molecule has 3 aromatic rings.